The van der Waals surface area contributed by atoms with Crippen LogP contribution in [-0.4, -0.2) is 86.0 Å². The van der Waals surface area contributed by atoms with Crippen LogP contribution in [0, 0.1) is 18.8 Å². The SMILES string of the molecule is Cc1nn(CCCCCOCC#Cc2cccc3c2CN(C2CCC(=O)NC2=O)C3=O)c2cc(C(=O)Nc3cc4[nH]c([C@H]5CCCN5C)cc4cn3)ccc12. The van der Waals surface area contributed by atoms with Crippen LogP contribution in [0.5, 0.6) is 0 Å². The summed E-state index contributed by atoms with van der Waals surface area (Å²) >= 11 is 0. The number of piperidine rings is 1. The molecule has 3 aliphatic heterocycles. The van der Waals surface area contributed by atoms with Crippen LogP contribution in [0.3, 0.4) is 0 Å². The predicted molar refractivity (Wildman–Crippen MR) is 207 cm³/mol. The van der Waals surface area contributed by atoms with Crippen molar-refractivity contribution in [3.63, 3.8) is 0 Å². The summed E-state index contributed by atoms with van der Waals surface area (Å²) in [6, 6.07) is 14.9. The molecule has 3 aliphatic rings. The summed E-state index contributed by atoms with van der Waals surface area (Å²) in [4.78, 5) is 62.3. The van der Waals surface area contributed by atoms with Crippen molar-refractivity contribution >= 4 is 51.3 Å². The molecule has 1 unspecified atom stereocenters. The fraction of sp³-hybridized carbons (Fsp3) is 0.381. The minimum atomic E-state index is -0.658. The van der Waals surface area contributed by atoms with E-state index in [1.165, 1.54) is 17.0 Å². The number of aromatic nitrogens is 4. The van der Waals surface area contributed by atoms with Gasteiger partial charge in [0.2, 0.25) is 11.8 Å². The normalized spacial score (nSPS) is 18.5. The number of carbonyl (C=O) groups is 4. The number of rotatable bonds is 11. The zero-order chi connectivity index (χ0) is 38.1. The van der Waals surface area contributed by atoms with Gasteiger partial charge in [-0.1, -0.05) is 24.0 Å². The summed E-state index contributed by atoms with van der Waals surface area (Å²) in [5, 5.41) is 12.1. The number of hydrogen-bond donors (Lipinski definition) is 3. The molecule has 2 fully saturated rings. The van der Waals surface area contributed by atoms with Crippen molar-refractivity contribution in [3.8, 4) is 11.8 Å². The van der Waals surface area contributed by atoms with Crippen molar-refractivity contribution in [2.45, 2.75) is 77.0 Å². The number of ether oxygens (including phenoxy) is 1. The first-order chi connectivity index (χ1) is 26.7. The Bertz CT molecular complexity index is 2390. The van der Waals surface area contributed by atoms with Gasteiger partial charge >= 0.3 is 0 Å². The minimum Gasteiger partial charge on any atom is -0.369 e. The molecule has 4 amide bonds. The van der Waals surface area contributed by atoms with E-state index in [4.69, 9.17) is 9.84 Å². The number of carbonyl (C=O) groups excluding carboxylic acids is 4. The zero-order valence-corrected chi connectivity index (χ0v) is 31.1. The Hall–Kier alpha value is -5.84. The van der Waals surface area contributed by atoms with E-state index in [1.54, 1.807) is 18.3 Å². The molecule has 3 aromatic heterocycles. The third-order valence-corrected chi connectivity index (χ3v) is 11.0. The molecular weight excluding hydrogens is 697 g/mol. The van der Waals surface area contributed by atoms with Gasteiger partial charge in [-0.2, -0.15) is 5.10 Å². The van der Waals surface area contributed by atoms with E-state index < -0.39 is 11.9 Å². The molecule has 3 N–H and O–H groups in total. The molecule has 2 atom stereocenters. The van der Waals surface area contributed by atoms with Crippen LogP contribution in [0.1, 0.15) is 94.2 Å². The van der Waals surface area contributed by atoms with E-state index in [9.17, 15) is 19.2 Å². The van der Waals surface area contributed by atoms with Crippen molar-refractivity contribution in [2.75, 3.05) is 32.1 Å². The number of fused-ring (bicyclic) bond motifs is 3. The number of H-pyrrole nitrogens is 1. The second-order valence-electron chi connectivity index (χ2n) is 14.7. The molecule has 0 saturated carbocycles. The molecule has 2 saturated heterocycles. The smallest absolute Gasteiger partial charge is 0.256 e. The molecule has 0 aliphatic carbocycles. The van der Waals surface area contributed by atoms with E-state index in [2.05, 4.69) is 50.5 Å². The topological polar surface area (TPSA) is 155 Å². The first-order valence-corrected chi connectivity index (χ1v) is 19.0. The number of hydrogen-bond acceptors (Lipinski definition) is 8. The molecule has 0 radical (unpaired) electrons. The largest absolute Gasteiger partial charge is 0.369 e. The summed E-state index contributed by atoms with van der Waals surface area (Å²) < 4.78 is 7.77. The number of amides is 4. The van der Waals surface area contributed by atoms with Crippen molar-refractivity contribution in [2.24, 2.45) is 0 Å². The molecule has 0 bridgehead atoms. The number of nitrogens with one attached hydrogen (secondary N) is 3. The number of imide groups is 1. The van der Waals surface area contributed by atoms with Gasteiger partial charge in [-0.05, 0) is 94.9 Å². The number of nitrogens with zero attached hydrogens (tertiary/aromatic N) is 5. The van der Waals surface area contributed by atoms with Crippen LogP contribution in [0.4, 0.5) is 5.82 Å². The van der Waals surface area contributed by atoms with E-state index in [0.717, 1.165) is 70.9 Å². The number of anilines is 1. The van der Waals surface area contributed by atoms with Gasteiger partial charge in [0, 0.05) is 77.6 Å². The average Bonchev–Trinajstić information content (AvgIpc) is 3.95. The van der Waals surface area contributed by atoms with Crippen LogP contribution in [-0.2, 0) is 27.4 Å². The van der Waals surface area contributed by atoms with Crippen LogP contribution in [0.25, 0.3) is 21.8 Å². The maximum Gasteiger partial charge on any atom is 0.256 e. The van der Waals surface area contributed by atoms with Crippen molar-refractivity contribution in [1.82, 2.24) is 34.9 Å². The molecule has 55 heavy (non-hydrogen) atoms. The van der Waals surface area contributed by atoms with Gasteiger partial charge in [0.05, 0.1) is 16.7 Å². The molecule has 5 aromatic rings. The number of pyridine rings is 1. The molecular formula is C42H44N8O5. The highest BCUT2D eigenvalue weighted by atomic mass is 16.5. The highest BCUT2D eigenvalue weighted by Gasteiger charge is 2.39. The van der Waals surface area contributed by atoms with Gasteiger partial charge in [-0.3, -0.25) is 34.1 Å². The highest BCUT2D eigenvalue weighted by Crippen LogP contribution is 2.33. The highest BCUT2D eigenvalue weighted by molar-refractivity contribution is 6.07. The summed E-state index contributed by atoms with van der Waals surface area (Å²) in [6.45, 7) is 4.90. The average molecular weight is 741 g/mol. The lowest BCUT2D eigenvalue weighted by molar-refractivity contribution is -0.136. The molecule has 0 spiro atoms. The van der Waals surface area contributed by atoms with Gasteiger partial charge in [-0.25, -0.2) is 4.98 Å². The van der Waals surface area contributed by atoms with E-state index >= 15 is 0 Å². The lowest BCUT2D eigenvalue weighted by Gasteiger charge is -2.29. The minimum absolute atomic E-state index is 0.214. The molecule has 13 nitrogen and oxygen atoms in total. The Kier molecular flexibility index (Phi) is 10.2. The monoisotopic (exact) mass is 740 g/mol. The molecule has 13 heteroatoms. The Labute approximate surface area is 318 Å². The Morgan fingerprint density at radius 3 is 2.78 bits per heavy atom. The first-order valence-electron chi connectivity index (χ1n) is 19.0. The van der Waals surface area contributed by atoms with Gasteiger partial charge in [0.15, 0.2) is 0 Å². The van der Waals surface area contributed by atoms with Gasteiger partial charge in [0.1, 0.15) is 18.5 Å². The summed E-state index contributed by atoms with van der Waals surface area (Å²) in [5.74, 6) is 5.53. The zero-order valence-electron chi connectivity index (χ0n) is 31.1. The second-order valence-corrected chi connectivity index (χ2v) is 14.7. The van der Waals surface area contributed by atoms with Crippen LogP contribution in [0.15, 0.2) is 54.7 Å². The summed E-state index contributed by atoms with van der Waals surface area (Å²) in [6.07, 6.45) is 7.35. The number of unbranched alkanes of at least 4 members (excludes halogenated alkanes) is 2. The first kappa shape index (κ1) is 36.2. The maximum atomic E-state index is 13.4. The molecule has 6 heterocycles. The number of benzene rings is 2. The van der Waals surface area contributed by atoms with Crippen molar-refractivity contribution in [3.05, 3.63) is 88.4 Å². The standard InChI is InChI=1S/C42H44N8O5/c1-26-30-14-13-28(40(52)45-38-23-33-29(24-43-38)21-34(44-33)35-12-7-17-48(35)2)22-37(30)50(47-26)18-4-3-5-19-55-20-8-10-27-9-6-11-31-32(27)25-49(42(31)54)36-15-16-39(51)46-41(36)53/h6,9,11,13-14,21-24,35-36,44H,3-5,7,12,15-20,25H2,1-2H3,(H,43,45,52)(H,46,51,53)/t35-,36?/m1/s1. The lowest BCUT2D eigenvalue weighted by atomic mass is 10.0. The number of likely N-dealkylation sites (tertiary alicyclic amines) is 1. The Balaban J connectivity index is 0.808. The van der Waals surface area contributed by atoms with Gasteiger partial charge in [-0.15, -0.1) is 0 Å². The third-order valence-electron chi connectivity index (χ3n) is 11.0. The quantitative estimate of drug-likeness (QED) is 0.0945. The lowest BCUT2D eigenvalue weighted by Crippen LogP contribution is -2.52. The van der Waals surface area contributed by atoms with E-state index in [0.29, 0.717) is 42.6 Å². The predicted octanol–water partition coefficient (Wildman–Crippen LogP) is 5.24. The van der Waals surface area contributed by atoms with Gasteiger partial charge < -0.3 is 19.9 Å². The maximum absolute atomic E-state index is 13.4. The summed E-state index contributed by atoms with van der Waals surface area (Å²) in [5.41, 5.74) is 6.60. The summed E-state index contributed by atoms with van der Waals surface area (Å²) in [7, 11) is 2.15. The van der Waals surface area contributed by atoms with Crippen LogP contribution >= 0.6 is 0 Å². The fourth-order valence-electron chi connectivity index (χ4n) is 8.04. The van der Waals surface area contributed by atoms with E-state index in [1.807, 2.05) is 41.9 Å². The van der Waals surface area contributed by atoms with Gasteiger partial charge in [0.25, 0.3) is 11.8 Å². The van der Waals surface area contributed by atoms with Crippen molar-refractivity contribution < 1.29 is 23.9 Å². The number of aromatic amines is 1. The number of aryl methyl sites for hydroxylation is 2. The van der Waals surface area contributed by atoms with E-state index in [-0.39, 0.29) is 37.3 Å². The molecule has 2 aromatic carbocycles. The van der Waals surface area contributed by atoms with Crippen LogP contribution in [0.2, 0.25) is 0 Å². The third kappa shape index (κ3) is 7.48. The van der Waals surface area contributed by atoms with Crippen molar-refractivity contribution in [1.29, 1.82) is 0 Å². The molecule has 282 valence electrons. The molecule has 8 rings (SSSR count). The Morgan fingerprint density at radius 1 is 1.05 bits per heavy atom. The Morgan fingerprint density at radius 2 is 1.95 bits per heavy atom. The van der Waals surface area contributed by atoms with Crippen LogP contribution < -0.4 is 10.6 Å². The second kappa shape index (κ2) is 15.5. The fourth-order valence-corrected chi connectivity index (χ4v) is 8.04.